The summed E-state index contributed by atoms with van der Waals surface area (Å²) in [4.78, 5) is 12.1. The Morgan fingerprint density at radius 1 is 1.53 bits per heavy atom. The Kier molecular flexibility index (Phi) is 5.18. The van der Waals surface area contributed by atoms with Crippen molar-refractivity contribution in [3.8, 4) is 5.75 Å². The van der Waals surface area contributed by atoms with Crippen molar-refractivity contribution in [3.63, 3.8) is 0 Å². The van der Waals surface area contributed by atoms with Gasteiger partial charge in [-0.1, -0.05) is 12.1 Å². The molecule has 0 bridgehead atoms. The first-order valence-electron chi connectivity index (χ1n) is 6.62. The zero-order chi connectivity index (χ0) is 13.5. The molecule has 0 saturated carbocycles. The van der Waals surface area contributed by atoms with Gasteiger partial charge in [0.25, 0.3) is 5.91 Å². The Morgan fingerprint density at radius 3 is 3.11 bits per heavy atom. The minimum absolute atomic E-state index is 0.114. The van der Waals surface area contributed by atoms with Crippen molar-refractivity contribution in [2.75, 3.05) is 32.9 Å². The van der Waals surface area contributed by atoms with Crippen LogP contribution in [0.15, 0.2) is 24.3 Å². The molecule has 1 unspecified atom stereocenters. The van der Waals surface area contributed by atoms with E-state index in [-0.39, 0.29) is 11.9 Å². The van der Waals surface area contributed by atoms with E-state index in [0.717, 1.165) is 13.2 Å². The van der Waals surface area contributed by atoms with Crippen molar-refractivity contribution in [2.24, 2.45) is 0 Å². The number of ether oxygens (including phenoxy) is 2. The molecule has 1 saturated heterocycles. The van der Waals surface area contributed by atoms with Crippen LogP contribution in [0.25, 0.3) is 0 Å². The highest BCUT2D eigenvalue weighted by Crippen LogP contribution is 2.17. The SMILES string of the molecule is CCOc1ccccc1C(=O)NCC1COCCN1. The van der Waals surface area contributed by atoms with Crippen molar-refractivity contribution < 1.29 is 14.3 Å². The largest absolute Gasteiger partial charge is 0.493 e. The van der Waals surface area contributed by atoms with Crippen LogP contribution in [-0.4, -0.2) is 44.9 Å². The monoisotopic (exact) mass is 264 g/mol. The van der Waals surface area contributed by atoms with Crippen LogP contribution in [0.5, 0.6) is 5.75 Å². The molecule has 2 rings (SSSR count). The molecule has 5 nitrogen and oxygen atoms in total. The van der Waals surface area contributed by atoms with E-state index in [1.54, 1.807) is 12.1 Å². The number of carbonyl (C=O) groups is 1. The van der Waals surface area contributed by atoms with E-state index in [2.05, 4.69) is 10.6 Å². The van der Waals surface area contributed by atoms with Gasteiger partial charge >= 0.3 is 0 Å². The van der Waals surface area contributed by atoms with E-state index in [4.69, 9.17) is 9.47 Å². The van der Waals surface area contributed by atoms with Gasteiger partial charge in [0.15, 0.2) is 0 Å². The molecule has 104 valence electrons. The molecular weight excluding hydrogens is 244 g/mol. The number of nitrogens with one attached hydrogen (secondary N) is 2. The van der Waals surface area contributed by atoms with Gasteiger partial charge in [0.05, 0.1) is 25.4 Å². The molecule has 1 aliphatic rings. The molecule has 1 fully saturated rings. The van der Waals surface area contributed by atoms with E-state index >= 15 is 0 Å². The predicted molar refractivity (Wildman–Crippen MR) is 72.6 cm³/mol. The third kappa shape index (κ3) is 3.94. The van der Waals surface area contributed by atoms with Crippen LogP contribution in [0.2, 0.25) is 0 Å². The van der Waals surface area contributed by atoms with Gasteiger partial charge in [-0.05, 0) is 19.1 Å². The van der Waals surface area contributed by atoms with E-state index in [1.165, 1.54) is 0 Å². The van der Waals surface area contributed by atoms with Gasteiger partial charge < -0.3 is 20.1 Å². The number of rotatable bonds is 5. The quantitative estimate of drug-likeness (QED) is 0.826. The number of carbonyl (C=O) groups excluding carboxylic acids is 1. The lowest BCUT2D eigenvalue weighted by molar-refractivity contribution is 0.0734. The number of morpholine rings is 1. The maximum Gasteiger partial charge on any atom is 0.255 e. The molecule has 0 spiro atoms. The number of amides is 1. The molecule has 1 aromatic carbocycles. The lowest BCUT2D eigenvalue weighted by atomic mass is 10.2. The molecule has 0 aliphatic carbocycles. The number of hydrogen-bond donors (Lipinski definition) is 2. The van der Waals surface area contributed by atoms with Crippen LogP contribution in [-0.2, 0) is 4.74 Å². The minimum atomic E-state index is -0.114. The van der Waals surface area contributed by atoms with Crippen LogP contribution < -0.4 is 15.4 Å². The third-order valence-electron chi connectivity index (χ3n) is 2.94. The number of hydrogen-bond acceptors (Lipinski definition) is 4. The van der Waals surface area contributed by atoms with Crippen LogP contribution >= 0.6 is 0 Å². The van der Waals surface area contributed by atoms with Gasteiger partial charge in [-0.15, -0.1) is 0 Å². The molecule has 19 heavy (non-hydrogen) atoms. The van der Waals surface area contributed by atoms with Gasteiger partial charge in [-0.3, -0.25) is 4.79 Å². The third-order valence-corrected chi connectivity index (χ3v) is 2.94. The van der Waals surface area contributed by atoms with E-state index in [0.29, 0.717) is 31.1 Å². The van der Waals surface area contributed by atoms with Crippen LogP contribution in [0.1, 0.15) is 17.3 Å². The Labute approximate surface area is 113 Å². The average molecular weight is 264 g/mol. The van der Waals surface area contributed by atoms with E-state index in [9.17, 15) is 4.79 Å². The Balaban J connectivity index is 1.91. The normalized spacial score (nSPS) is 18.9. The second-order valence-electron chi connectivity index (χ2n) is 4.37. The summed E-state index contributed by atoms with van der Waals surface area (Å²) in [6, 6.07) is 7.44. The standard InChI is InChI=1S/C14H20N2O3/c1-2-19-13-6-4-3-5-12(13)14(17)16-9-11-10-18-8-7-15-11/h3-6,11,15H,2,7-10H2,1H3,(H,16,17). The highest BCUT2D eigenvalue weighted by atomic mass is 16.5. The Bertz CT molecular complexity index is 417. The van der Waals surface area contributed by atoms with Crippen LogP contribution in [0.4, 0.5) is 0 Å². The van der Waals surface area contributed by atoms with Crippen molar-refractivity contribution in [2.45, 2.75) is 13.0 Å². The fourth-order valence-corrected chi connectivity index (χ4v) is 2.00. The smallest absolute Gasteiger partial charge is 0.255 e. The number of benzene rings is 1. The zero-order valence-corrected chi connectivity index (χ0v) is 11.1. The first-order chi connectivity index (χ1) is 9.31. The molecule has 1 atom stereocenters. The first kappa shape index (κ1) is 13.8. The highest BCUT2D eigenvalue weighted by Gasteiger charge is 2.16. The van der Waals surface area contributed by atoms with E-state index in [1.807, 2.05) is 19.1 Å². The maximum atomic E-state index is 12.1. The Hall–Kier alpha value is -1.59. The fraction of sp³-hybridized carbons (Fsp3) is 0.500. The zero-order valence-electron chi connectivity index (χ0n) is 11.1. The molecule has 1 heterocycles. The van der Waals surface area contributed by atoms with Crippen LogP contribution in [0, 0.1) is 0 Å². The van der Waals surface area contributed by atoms with Crippen molar-refractivity contribution >= 4 is 5.91 Å². The van der Waals surface area contributed by atoms with Crippen molar-refractivity contribution in [3.05, 3.63) is 29.8 Å². The summed E-state index contributed by atoms with van der Waals surface area (Å²) in [6.45, 7) is 5.20. The average Bonchev–Trinajstić information content (AvgIpc) is 2.47. The molecule has 0 radical (unpaired) electrons. The molecule has 5 heteroatoms. The second-order valence-corrected chi connectivity index (χ2v) is 4.37. The second kappa shape index (κ2) is 7.11. The summed E-state index contributed by atoms with van der Waals surface area (Å²) in [5.74, 6) is 0.506. The molecule has 0 aromatic heterocycles. The lowest BCUT2D eigenvalue weighted by Crippen LogP contribution is -2.48. The van der Waals surface area contributed by atoms with Gasteiger partial charge in [0.1, 0.15) is 5.75 Å². The highest BCUT2D eigenvalue weighted by molar-refractivity contribution is 5.96. The summed E-state index contributed by atoms with van der Waals surface area (Å²) >= 11 is 0. The molecular formula is C14H20N2O3. The predicted octanol–water partition coefficient (Wildman–Crippen LogP) is 0.803. The summed E-state index contributed by atoms with van der Waals surface area (Å²) < 4.78 is 10.8. The van der Waals surface area contributed by atoms with Gasteiger partial charge in [0.2, 0.25) is 0 Å². The van der Waals surface area contributed by atoms with Gasteiger partial charge in [0, 0.05) is 19.1 Å². The van der Waals surface area contributed by atoms with Crippen molar-refractivity contribution in [1.29, 1.82) is 0 Å². The molecule has 1 aromatic rings. The van der Waals surface area contributed by atoms with Crippen LogP contribution in [0.3, 0.4) is 0 Å². The maximum absolute atomic E-state index is 12.1. The van der Waals surface area contributed by atoms with Crippen molar-refractivity contribution in [1.82, 2.24) is 10.6 Å². The van der Waals surface area contributed by atoms with E-state index < -0.39 is 0 Å². The Morgan fingerprint density at radius 2 is 2.37 bits per heavy atom. The fourth-order valence-electron chi connectivity index (χ4n) is 2.00. The topological polar surface area (TPSA) is 59.6 Å². The molecule has 1 aliphatic heterocycles. The first-order valence-corrected chi connectivity index (χ1v) is 6.62. The van der Waals surface area contributed by atoms with Gasteiger partial charge in [-0.2, -0.15) is 0 Å². The number of para-hydroxylation sites is 1. The van der Waals surface area contributed by atoms with Gasteiger partial charge in [-0.25, -0.2) is 0 Å². The summed E-state index contributed by atoms with van der Waals surface area (Å²) in [5.41, 5.74) is 0.570. The summed E-state index contributed by atoms with van der Waals surface area (Å²) in [7, 11) is 0. The summed E-state index contributed by atoms with van der Waals surface area (Å²) in [5, 5.41) is 6.20. The summed E-state index contributed by atoms with van der Waals surface area (Å²) in [6.07, 6.45) is 0. The lowest BCUT2D eigenvalue weighted by Gasteiger charge is -2.24. The molecule has 2 N–H and O–H groups in total. The molecule has 1 amide bonds. The minimum Gasteiger partial charge on any atom is -0.493 e.